The molecule has 0 unspecified atom stereocenters. The van der Waals surface area contributed by atoms with Gasteiger partial charge in [0.1, 0.15) is 11.2 Å². The molecule has 1 aliphatic rings. The third kappa shape index (κ3) is 3.61. The smallest absolute Gasteiger partial charge is 0.416 e. The molecule has 0 amide bonds. The zero-order valence-corrected chi connectivity index (χ0v) is 16.1. The van der Waals surface area contributed by atoms with E-state index in [9.17, 15) is 18.0 Å². The van der Waals surface area contributed by atoms with E-state index in [-0.39, 0.29) is 28.8 Å². The van der Waals surface area contributed by atoms with Crippen LogP contribution in [0.25, 0.3) is 28.6 Å². The van der Waals surface area contributed by atoms with Gasteiger partial charge in [-0.25, -0.2) is 4.52 Å². The molecule has 0 aliphatic carbocycles. The summed E-state index contributed by atoms with van der Waals surface area (Å²) in [5.74, 6) is 0.181. The van der Waals surface area contributed by atoms with Crippen molar-refractivity contribution in [3.63, 3.8) is 0 Å². The summed E-state index contributed by atoms with van der Waals surface area (Å²) < 4.78 is 46.3. The van der Waals surface area contributed by atoms with Crippen LogP contribution in [0, 0.1) is 0 Å². The fourth-order valence-electron chi connectivity index (χ4n) is 3.85. The lowest BCUT2D eigenvalue weighted by atomic mass is 9.94. The number of nitrogens with one attached hydrogen (secondary N) is 2. The first-order chi connectivity index (χ1) is 14.9. The zero-order valence-electron chi connectivity index (χ0n) is 16.1. The molecular formula is C20H17F3N6O2. The fourth-order valence-corrected chi connectivity index (χ4v) is 3.85. The summed E-state index contributed by atoms with van der Waals surface area (Å²) in [7, 11) is 0. The van der Waals surface area contributed by atoms with Gasteiger partial charge in [0.15, 0.2) is 0 Å². The van der Waals surface area contributed by atoms with Crippen LogP contribution in [-0.4, -0.2) is 37.9 Å². The number of alkyl halides is 3. The fraction of sp³-hybridized carbons (Fsp3) is 0.300. The molecule has 8 nitrogen and oxygen atoms in total. The van der Waals surface area contributed by atoms with Gasteiger partial charge in [0.05, 0.1) is 17.5 Å². The van der Waals surface area contributed by atoms with Gasteiger partial charge in [0.25, 0.3) is 11.4 Å². The summed E-state index contributed by atoms with van der Waals surface area (Å²) in [5.41, 5.74) is 0.661. The third-order valence-electron chi connectivity index (χ3n) is 5.38. The van der Waals surface area contributed by atoms with Crippen molar-refractivity contribution in [3.05, 3.63) is 58.1 Å². The molecule has 0 spiro atoms. The van der Waals surface area contributed by atoms with Gasteiger partial charge >= 0.3 is 6.18 Å². The highest BCUT2D eigenvalue weighted by Gasteiger charge is 2.31. The van der Waals surface area contributed by atoms with Crippen LogP contribution in [0.1, 0.15) is 30.0 Å². The predicted molar refractivity (Wildman–Crippen MR) is 104 cm³/mol. The number of benzene rings is 1. The second-order valence-electron chi connectivity index (χ2n) is 7.39. The molecule has 1 fully saturated rings. The first-order valence-corrected chi connectivity index (χ1v) is 9.73. The topological polar surface area (TPSA) is 101 Å². The van der Waals surface area contributed by atoms with Gasteiger partial charge in [-0.2, -0.15) is 18.3 Å². The Kier molecular flexibility index (Phi) is 4.62. The molecule has 0 atom stereocenters. The van der Waals surface area contributed by atoms with E-state index in [1.165, 1.54) is 18.3 Å². The first kappa shape index (κ1) is 19.5. The molecule has 3 aromatic heterocycles. The molecule has 4 heterocycles. The van der Waals surface area contributed by atoms with Crippen molar-refractivity contribution >= 4 is 5.65 Å². The number of rotatable bonds is 3. The molecule has 0 saturated carbocycles. The molecule has 1 aromatic carbocycles. The number of halogens is 3. The van der Waals surface area contributed by atoms with E-state index in [1.807, 2.05) is 0 Å². The molecule has 31 heavy (non-hydrogen) atoms. The van der Waals surface area contributed by atoms with Crippen LogP contribution in [0.15, 0.2) is 45.7 Å². The average Bonchev–Trinajstić information content (AvgIpc) is 3.40. The number of nitrogens with zero attached hydrogens (tertiary/aromatic N) is 4. The monoisotopic (exact) mass is 430 g/mol. The minimum atomic E-state index is -4.48. The normalized spacial score (nSPS) is 15.6. The predicted octanol–water partition coefficient (Wildman–Crippen LogP) is 3.23. The highest BCUT2D eigenvalue weighted by atomic mass is 19.4. The summed E-state index contributed by atoms with van der Waals surface area (Å²) in [4.78, 5) is 15.0. The Balaban J connectivity index is 1.55. The molecular weight excluding hydrogens is 413 g/mol. The lowest BCUT2D eigenvalue weighted by Crippen LogP contribution is -2.28. The summed E-state index contributed by atoms with van der Waals surface area (Å²) in [6.07, 6.45) is -1.22. The summed E-state index contributed by atoms with van der Waals surface area (Å²) in [6, 6.07) is 6.20. The Bertz CT molecular complexity index is 1300. The Morgan fingerprint density at radius 3 is 2.65 bits per heavy atom. The highest BCUT2D eigenvalue weighted by Crippen LogP contribution is 2.33. The maximum absolute atomic E-state index is 13.0. The molecule has 0 bridgehead atoms. The number of fused-ring (bicyclic) bond motifs is 1. The van der Waals surface area contributed by atoms with Gasteiger partial charge in [0, 0.05) is 17.5 Å². The van der Waals surface area contributed by atoms with Crippen molar-refractivity contribution in [3.8, 4) is 22.9 Å². The molecule has 160 valence electrons. The quantitative estimate of drug-likeness (QED) is 0.518. The summed E-state index contributed by atoms with van der Waals surface area (Å²) >= 11 is 0. The van der Waals surface area contributed by atoms with E-state index in [2.05, 4.69) is 25.6 Å². The van der Waals surface area contributed by atoms with Crippen LogP contribution in [0.2, 0.25) is 0 Å². The number of hydrogen-bond donors (Lipinski definition) is 2. The Labute approximate surface area is 173 Å². The van der Waals surface area contributed by atoms with Crippen molar-refractivity contribution in [2.75, 3.05) is 13.1 Å². The van der Waals surface area contributed by atoms with Gasteiger partial charge in [-0.3, -0.25) is 4.79 Å². The second kappa shape index (κ2) is 7.34. The second-order valence-corrected chi connectivity index (χ2v) is 7.39. The van der Waals surface area contributed by atoms with Crippen molar-refractivity contribution in [2.24, 2.45) is 0 Å². The minimum Gasteiger partial charge on any atom is -0.416 e. The largest absolute Gasteiger partial charge is 0.416 e. The van der Waals surface area contributed by atoms with E-state index in [4.69, 9.17) is 4.42 Å². The molecule has 5 rings (SSSR count). The first-order valence-electron chi connectivity index (χ1n) is 9.73. The molecule has 2 N–H and O–H groups in total. The molecule has 1 aliphatic heterocycles. The van der Waals surface area contributed by atoms with Crippen LogP contribution in [0.4, 0.5) is 13.2 Å². The molecule has 0 radical (unpaired) electrons. The number of piperidine rings is 1. The SMILES string of the molecule is O=c1cc(C2CCNCC2)n2ncc(-c3nnc(-c4cccc(C(F)(F)F)c4)o3)c2[nH]1. The minimum absolute atomic E-state index is 0.0560. The number of aromatic amines is 1. The Morgan fingerprint density at radius 2 is 1.87 bits per heavy atom. The molecule has 1 saturated heterocycles. The van der Waals surface area contributed by atoms with Gasteiger partial charge in [-0.15, -0.1) is 10.2 Å². The number of H-pyrrole nitrogens is 1. The van der Waals surface area contributed by atoms with Crippen molar-refractivity contribution in [2.45, 2.75) is 24.9 Å². The maximum atomic E-state index is 13.0. The summed E-state index contributed by atoms with van der Waals surface area (Å²) in [6.45, 7) is 1.72. The standard InChI is InChI=1S/C20H17F3N6O2/c21-20(22,23)13-3-1-2-12(8-13)18-27-28-19(31-18)14-10-25-29-15(9-16(30)26-17(14)29)11-4-6-24-7-5-11/h1-3,8-11,24H,4-7H2,(H,26,30). The van der Waals surface area contributed by atoms with Gasteiger partial charge in [-0.1, -0.05) is 6.07 Å². The van der Waals surface area contributed by atoms with E-state index < -0.39 is 11.7 Å². The van der Waals surface area contributed by atoms with E-state index in [0.717, 1.165) is 43.8 Å². The average molecular weight is 430 g/mol. The lowest BCUT2D eigenvalue weighted by molar-refractivity contribution is -0.137. The highest BCUT2D eigenvalue weighted by molar-refractivity contribution is 5.71. The Morgan fingerprint density at radius 1 is 1.10 bits per heavy atom. The zero-order chi connectivity index (χ0) is 21.6. The lowest BCUT2D eigenvalue weighted by Gasteiger charge is -2.23. The van der Waals surface area contributed by atoms with Gasteiger partial charge in [0.2, 0.25) is 5.89 Å². The van der Waals surface area contributed by atoms with Crippen molar-refractivity contribution < 1.29 is 17.6 Å². The van der Waals surface area contributed by atoms with Gasteiger partial charge < -0.3 is 14.7 Å². The van der Waals surface area contributed by atoms with Crippen LogP contribution in [0.3, 0.4) is 0 Å². The van der Waals surface area contributed by atoms with Crippen molar-refractivity contribution in [1.82, 2.24) is 30.1 Å². The molecule has 4 aromatic rings. The van der Waals surface area contributed by atoms with Gasteiger partial charge in [-0.05, 0) is 44.1 Å². The van der Waals surface area contributed by atoms with E-state index in [1.54, 1.807) is 10.6 Å². The molecule has 11 heteroatoms. The van der Waals surface area contributed by atoms with Crippen LogP contribution >= 0.6 is 0 Å². The van der Waals surface area contributed by atoms with Crippen LogP contribution in [-0.2, 0) is 6.18 Å². The van der Waals surface area contributed by atoms with E-state index in [0.29, 0.717) is 11.2 Å². The number of aromatic nitrogens is 5. The number of hydrogen-bond acceptors (Lipinski definition) is 6. The Hall–Kier alpha value is -3.47. The van der Waals surface area contributed by atoms with Crippen LogP contribution < -0.4 is 10.9 Å². The summed E-state index contributed by atoms with van der Waals surface area (Å²) in [5, 5.41) is 15.5. The van der Waals surface area contributed by atoms with Crippen molar-refractivity contribution in [1.29, 1.82) is 0 Å². The van der Waals surface area contributed by atoms with E-state index >= 15 is 0 Å². The maximum Gasteiger partial charge on any atom is 0.416 e. The van der Waals surface area contributed by atoms with Crippen LogP contribution in [0.5, 0.6) is 0 Å². The third-order valence-corrected chi connectivity index (χ3v) is 5.38.